The Labute approximate surface area is 183 Å². The van der Waals surface area contributed by atoms with Crippen LogP contribution in [0.25, 0.3) is 22.6 Å². The number of amides is 1. The minimum absolute atomic E-state index is 0.305. The fourth-order valence-electron chi connectivity index (χ4n) is 3.49. The molecule has 1 N–H and O–H groups in total. The highest BCUT2D eigenvalue weighted by atomic mass is 19.1. The third-order valence-electron chi connectivity index (χ3n) is 5.45. The van der Waals surface area contributed by atoms with Crippen molar-refractivity contribution in [1.29, 1.82) is 0 Å². The molecule has 4 aromatic rings. The summed E-state index contributed by atoms with van der Waals surface area (Å²) in [6.07, 6.45) is 4.08. The van der Waals surface area contributed by atoms with E-state index in [-0.39, 0.29) is 11.7 Å². The van der Waals surface area contributed by atoms with Gasteiger partial charge in [0.25, 0.3) is 5.91 Å². The summed E-state index contributed by atoms with van der Waals surface area (Å²) in [5.41, 5.74) is 3.54. The Morgan fingerprint density at radius 3 is 2.72 bits per heavy atom. The molecule has 3 heterocycles. The number of aryl methyl sites for hydroxylation is 1. The van der Waals surface area contributed by atoms with Gasteiger partial charge in [-0.2, -0.15) is 10.1 Å². The van der Waals surface area contributed by atoms with Crippen LogP contribution in [0.4, 0.5) is 4.39 Å². The standard InChI is InChI=1S/C23H21FN6O2/c1-13(23-27-21(29-32-23)16-9-10-25-18(11-16)14-3-4-14)26-22(31)20-12-19(28-30(20)2)15-5-7-17(24)8-6-15/h5-14H,3-4H2,1-2H3,(H,26,31)/t13-/m0/s1. The molecule has 0 bridgehead atoms. The second kappa shape index (κ2) is 7.99. The lowest BCUT2D eigenvalue weighted by Gasteiger charge is -2.09. The molecule has 1 aliphatic rings. The van der Waals surface area contributed by atoms with Crippen molar-refractivity contribution in [3.8, 4) is 22.6 Å². The first-order chi connectivity index (χ1) is 15.5. The lowest BCUT2D eigenvalue weighted by molar-refractivity contribution is 0.0923. The van der Waals surface area contributed by atoms with Crippen molar-refractivity contribution in [2.75, 3.05) is 0 Å². The van der Waals surface area contributed by atoms with E-state index in [1.54, 1.807) is 38.4 Å². The fraction of sp³-hybridized carbons (Fsp3) is 0.261. The first-order valence-corrected chi connectivity index (χ1v) is 10.4. The molecular formula is C23H21FN6O2. The number of aromatic nitrogens is 5. The lowest BCUT2D eigenvalue weighted by atomic mass is 10.1. The Balaban J connectivity index is 1.30. The van der Waals surface area contributed by atoms with Crippen LogP contribution in [0.5, 0.6) is 0 Å². The number of carbonyl (C=O) groups excluding carboxylic acids is 1. The van der Waals surface area contributed by atoms with Crippen LogP contribution in [0.15, 0.2) is 53.2 Å². The molecule has 3 aromatic heterocycles. The van der Waals surface area contributed by atoms with Crippen molar-refractivity contribution < 1.29 is 13.7 Å². The maximum absolute atomic E-state index is 13.2. The molecule has 0 saturated heterocycles. The summed E-state index contributed by atoms with van der Waals surface area (Å²) in [5.74, 6) is 0.633. The maximum Gasteiger partial charge on any atom is 0.270 e. The van der Waals surface area contributed by atoms with E-state index in [1.807, 2.05) is 12.1 Å². The molecule has 0 unspecified atom stereocenters. The molecule has 9 heteroatoms. The summed E-state index contributed by atoms with van der Waals surface area (Å²) in [6.45, 7) is 1.77. The van der Waals surface area contributed by atoms with Crippen LogP contribution in [0.3, 0.4) is 0 Å². The number of hydrogen-bond donors (Lipinski definition) is 1. The van der Waals surface area contributed by atoms with Crippen LogP contribution >= 0.6 is 0 Å². The van der Waals surface area contributed by atoms with E-state index in [1.165, 1.54) is 16.8 Å². The van der Waals surface area contributed by atoms with Gasteiger partial charge in [0.2, 0.25) is 11.7 Å². The monoisotopic (exact) mass is 432 g/mol. The van der Waals surface area contributed by atoms with Crippen molar-refractivity contribution >= 4 is 5.91 Å². The first kappa shape index (κ1) is 20.0. The number of hydrogen-bond acceptors (Lipinski definition) is 6. The van der Waals surface area contributed by atoms with Gasteiger partial charge in [0.1, 0.15) is 17.6 Å². The van der Waals surface area contributed by atoms with Crippen molar-refractivity contribution in [1.82, 2.24) is 30.2 Å². The molecule has 8 nitrogen and oxygen atoms in total. The van der Waals surface area contributed by atoms with Crippen LogP contribution in [0.2, 0.25) is 0 Å². The van der Waals surface area contributed by atoms with Crippen molar-refractivity contribution in [3.63, 3.8) is 0 Å². The van der Waals surface area contributed by atoms with Crippen LogP contribution in [0, 0.1) is 5.82 Å². The molecule has 1 fully saturated rings. The zero-order valence-corrected chi connectivity index (χ0v) is 17.6. The highest BCUT2D eigenvalue weighted by Crippen LogP contribution is 2.39. The minimum atomic E-state index is -0.502. The van der Waals surface area contributed by atoms with Gasteiger partial charge in [-0.3, -0.25) is 14.5 Å². The Bertz CT molecular complexity index is 1280. The summed E-state index contributed by atoms with van der Waals surface area (Å²) in [5, 5.41) is 11.3. The van der Waals surface area contributed by atoms with Gasteiger partial charge in [0.05, 0.1) is 5.69 Å². The maximum atomic E-state index is 13.2. The molecule has 162 valence electrons. The Morgan fingerprint density at radius 1 is 1.19 bits per heavy atom. The van der Waals surface area contributed by atoms with E-state index in [4.69, 9.17) is 4.52 Å². The van der Waals surface area contributed by atoms with Gasteiger partial charge >= 0.3 is 0 Å². The van der Waals surface area contributed by atoms with Gasteiger partial charge in [0, 0.05) is 36.0 Å². The highest BCUT2D eigenvalue weighted by Gasteiger charge is 2.26. The molecular weight excluding hydrogens is 411 g/mol. The average Bonchev–Trinajstić information content (AvgIpc) is 3.39. The number of halogens is 1. The van der Waals surface area contributed by atoms with Gasteiger partial charge in [0.15, 0.2) is 0 Å². The minimum Gasteiger partial charge on any atom is -0.339 e. The molecule has 0 aliphatic heterocycles. The SMILES string of the molecule is C[C@H](NC(=O)c1cc(-c2ccc(F)cc2)nn1C)c1nc(-c2ccnc(C3CC3)c2)no1. The average molecular weight is 432 g/mol. The summed E-state index contributed by atoms with van der Waals surface area (Å²) in [6, 6.07) is 10.9. The molecule has 0 radical (unpaired) electrons. The van der Waals surface area contributed by atoms with Crippen LogP contribution in [-0.2, 0) is 7.05 Å². The summed E-state index contributed by atoms with van der Waals surface area (Å²) >= 11 is 0. The molecule has 0 spiro atoms. The van der Waals surface area contributed by atoms with Gasteiger partial charge in [-0.1, -0.05) is 5.16 Å². The van der Waals surface area contributed by atoms with Crippen LogP contribution in [-0.4, -0.2) is 30.8 Å². The smallest absolute Gasteiger partial charge is 0.270 e. The van der Waals surface area contributed by atoms with Crippen molar-refractivity contribution in [2.45, 2.75) is 31.7 Å². The Morgan fingerprint density at radius 2 is 1.97 bits per heavy atom. The second-order valence-electron chi connectivity index (χ2n) is 7.94. The van der Waals surface area contributed by atoms with Gasteiger partial charge in [-0.25, -0.2) is 4.39 Å². The topological polar surface area (TPSA) is 98.7 Å². The highest BCUT2D eigenvalue weighted by molar-refractivity contribution is 5.93. The number of carbonyl (C=O) groups is 1. The van der Waals surface area contributed by atoms with Crippen LogP contribution < -0.4 is 5.32 Å². The van der Waals surface area contributed by atoms with Gasteiger partial charge < -0.3 is 9.84 Å². The normalized spacial score (nSPS) is 14.3. The predicted molar refractivity (Wildman–Crippen MR) is 114 cm³/mol. The third-order valence-corrected chi connectivity index (χ3v) is 5.45. The van der Waals surface area contributed by atoms with Crippen LogP contribution in [0.1, 0.15) is 53.8 Å². The zero-order chi connectivity index (χ0) is 22.2. The van der Waals surface area contributed by atoms with E-state index in [0.29, 0.717) is 29.0 Å². The fourth-order valence-corrected chi connectivity index (χ4v) is 3.49. The number of benzene rings is 1. The molecule has 1 saturated carbocycles. The quantitative estimate of drug-likeness (QED) is 0.494. The van der Waals surface area contributed by atoms with Crippen molar-refractivity contribution in [2.24, 2.45) is 7.05 Å². The predicted octanol–water partition coefficient (Wildman–Crippen LogP) is 4.04. The number of nitrogens with zero attached hydrogens (tertiary/aromatic N) is 5. The van der Waals surface area contributed by atoms with E-state index in [2.05, 4.69) is 25.5 Å². The Hall–Kier alpha value is -3.88. The van der Waals surface area contributed by atoms with E-state index in [0.717, 1.165) is 29.7 Å². The lowest BCUT2D eigenvalue weighted by Crippen LogP contribution is -2.28. The van der Waals surface area contributed by atoms with E-state index in [9.17, 15) is 9.18 Å². The molecule has 1 aromatic carbocycles. The summed E-state index contributed by atoms with van der Waals surface area (Å²) in [4.78, 5) is 21.7. The largest absolute Gasteiger partial charge is 0.339 e. The Kier molecular flexibility index (Phi) is 5.01. The molecule has 1 atom stereocenters. The van der Waals surface area contributed by atoms with Gasteiger partial charge in [-0.15, -0.1) is 0 Å². The van der Waals surface area contributed by atoms with Crippen molar-refractivity contribution in [3.05, 3.63) is 71.8 Å². The number of pyridine rings is 1. The number of nitrogens with one attached hydrogen (secondary N) is 1. The first-order valence-electron chi connectivity index (χ1n) is 10.4. The zero-order valence-electron chi connectivity index (χ0n) is 17.6. The molecule has 32 heavy (non-hydrogen) atoms. The van der Waals surface area contributed by atoms with E-state index >= 15 is 0 Å². The van der Waals surface area contributed by atoms with Gasteiger partial charge in [-0.05, 0) is 62.2 Å². The molecule has 1 amide bonds. The third kappa shape index (κ3) is 4.01. The molecule has 1 aliphatic carbocycles. The molecule has 5 rings (SSSR count). The summed E-state index contributed by atoms with van der Waals surface area (Å²) < 4.78 is 20.1. The number of rotatable bonds is 6. The van der Waals surface area contributed by atoms with E-state index < -0.39 is 6.04 Å². The second-order valence-corrected chi connectivity index (χ2v) is 7.94. The summed E-state index contributed by atoms with van der Waals surface area (Å²) in [7, 11) is 1.68.